The molecule has 2 aliphatic rings. The van der Waals surface area contributed by atoms with E-state index in [-0.39, 0.29) is 17.4 Å². The minimum Gasteiger partial charge on any atom is -0.351 e. The predicted octanol–water partition coefficient (Wildman–Crippen LogP) is 2.64. The van der Waals surface area contributed by atoms with Crippen LogP contribution in [0.3, 0.4) is 0 Å². The van der Waals surface area contributed by atoms with E-state index in [1.165, 1.54) is 12.1 Å². The van der Waals surface area contributed by atoms with Crippen LogP contribution >= 0.6 is 0 Å². The molecular formula is C20H20FN3O2. The number of fused-ring (bicyclic) bond motifs is 1. The molecule has 0 aliphatic carbocycles. The second kappa shape index (κ2) is 6.12. The van der Waals surface area contributed by atoms with Gasteiger partial charge in [-0.05, 0) is 24.3 Å². The average molecular weight is 353 g/mol. The number of hydrogen-bond acceptors (Lipinski definition) is 3. The normalized spacial score (nSPS) is 18.5. The summed E-state index contributed by atoms with van der Waals surface area (Å²) in [6.07, 6.45) is 1.17. The van der Waals surface area contributed by atoms with Crippen molar-refractivity contribution in [2.24, 2.45) is 0 Å². The molecule has 26 heavy (non-hydrogen) atoms. The van der Waals surface area contributed by atoms with Crippen molar-refractivity contribution in [2.75, 3.05) is 25.0 Å². The third-order valence-corrected chi connectivity index (χ3v) is 5.48. The number of benzene rings is 2. The third-order valence-electron chi connectivity index (χ3n) is 5.48. The maximum Gasteiger partial charge on any atom is 0.256 e. The van der Waals surface area contributed by atoms with E-state index >= 15 is 0 Å². The van der Waals surface area contributed by atoms with E-state index in [9.17, 15) is 14.0 Å². The van der Waals surface area contributed by atoms with Crippen LogP contribution in [-0.4, -0.2) is 42.5 Å². The molecule has 5 nitrogen and oxygen atoms in total. The van der Waals surface area contributed by atoms with Gasteiger partial charge in [0.25, 0.3) is 11.8 Å². The van der Waals surface area contributed by atoms with Crippen LogP contribution in [0, 0.1) is 5.82 Å². The highest BCUT2D eigenvalue weighted by molar-refractivity contribution is 6.02. The predicted molar refractivity (Wildman–Crippen MR) is 96.6 cm³/mol. The molecule has 4 rings (SSSR count). The molecule has 1 N–H and O–H groups in total. The Morgan fingerprint density at radius 2 is 1.73 bits per heavy atom. The van der Waals surface area contributed by atoms with Crippen molar-refractivity contribution in [1.82, 2.24) is 10.2 Å². The zero-order valence-electron chi connectivity index (χ0n) is 14.5. The molecule has 0 aromatic heterocycles. The van der Waals surface area contributed by atoms with Crippen molar-refractivity contribution >= 4 is 17.5 Å². The Bertz CT molecular complexity index is 875. The van der Waals surface area contributed by atoms with E-state index < -0.39 is 11.5 Å². The van der Waals surface area contributed by atoms with Crippen molar-refractivity contribution in [3.8, 4) is 0 Å². The molecule has 0 saturated carbocycles. The lowest BCUT2D eigenvalue weighted by atomic mass is 9.90. The van der Waals surface area contributed by atoms with Gasteiger partial charge in [0.1, 0.15) is 11.5 Å². The van der Waals surface area contributed by atoms with Gasteiger partial charge in [-0.25, -0.2) is 4.39 Å². The van der Waals surface area contributed by atoms with Gasteiger partial charge < -0.3 is 15.1 Å². The van der Waals surface area contributed by atoms with Crippen LogP contribution in [-0.2, 0) is 0 Å². The second-order valence-electron chi connectivity index (χ2n) is 6.83. The number of halogens is 1. The van der Waals surface area contributed by atoms with E-state index in [0.717, 1.165) is 5.69 Å². The SMILES string of the molecule is CN1c2ccccc2C(=O)NC12CCN(C(=O)c1ccccc1F)CC2. The van der Waals surface area contributed by atoms with Gasteiger partial charge in [0.15, 0.2) is 0 Å². The highest BCUT2D eigenvalue weighted by Gasteiger charge is 2.44. The Hall–Kier alpha value is -2.89. The van der Waals surface area contributed by atoms with Crippen LogP contribution < -0.4 is 10.2 Å². The molecule has 2 aromatic carbocycles. The van der Waals surface area contributed by atoms with E-state index in [0.29, 0.717) is 31.5 Å². The number of carbonyl (C=O) groups is 2. The third kappa shape index (κ3) is 2.53. The van der Waals surface area contributed by atoms with Gasteiger partial charge in [0.05, 0.1) is 16.8 Å². The molecule has 2 aromatic rings. The Labute approximate surface area is 151 Å². The Morgan fingerprint density at radius 3 is 2.46 bits per heavy atom. The van der Waals surface area contributed by atoms with Gasteiger partial charge in [-0.2, -0.15) is 0 Å². The maximum absolute atomic E-state index is 13.9. The second-order valence-corrected chi connectivity index (χ2v) is 6.83. The fourth-order valence-electron chi connectivity index (χ4n) is 3.90. The standard InChI is InChI=1S/C20H20FN3O2/c1-23-17-9-5-3-7-15(17)18(25)22-20(23)10-12-24(13-11-20)19(26)14-6-2-4-8-16(14)21/h2-9H,10-13H2,1H3,(H,22,25). The molecule has 134 valence electrons. The summed E-state index contributed by atoms with van der Waals surface area (Å²) in [5.74, 6) is -0.898. The lowest BCUT2D eigenvalue weighted by Crippen LogP contribution is -2.67. The quantitative estimate of drug-likeness (QED) is 0.858. The molecule has 2 heterocycles. The zero-order valence-corrected chi connectivity index (χ0v) is 14.5. The molecule has 0 radical (unpaired) electrons. The van der Waals surface area contributed by atoms with Gasteiger partial charge in [-0.15, -0.1) is 0 Å². The summed E-state index contributed by atoms with van der Waals surface area (Å²) in [6.45, 7) is 0.917. The molecule has 2 aliphatic heterocycles. The van der Waals surface area contributed by atoms with Crippen molar-refractivity contribution < 1.29 is 14.0 Å². The smallest absolute Gasteiger partial charge is 0.256 e. The maximum atomic E-state index is 13.9. The number of hydrogen-bond donors (Lipinski definition) is 1. The molecular weight excluding hydrogens is 333 g/mol. The molecule has 0 unspecified atom stereocenters. The number of anilines is 1. The van der Waals surface area contributed by atoms with Crippen molar-refractivity contribution in [1.29, 1.82) is 0 Å². The summed E-state index contributed by atoms with van der Waals surface area (Å²) in [5, 5.41) is 3.12. The van der Waals surface area contributed by atoms with E-state index in [4.69, 9.17) is 0 Å². The summed E-state index contributed by atoms with van der Waals surface area (Å²) in [5.41, 5.74) is 1.13. The average Bonchev–Trinajstić information content (AvgIpc) is 2.67. The summed E-state index contributed by atoms with van der Waals surface area (Å²) in [4.78, 5) is 28.9. The molecule has 6 heteroatoms. The van der Waals surface area contributed by atoms with Crippen molar-refractivity contribution in [2.45, 2.75) is 18.5 Å². The lowest BCUT2D eigenvalue weighted by molar-refractivity contribution is 0.0605. The topological polar surface area (TPSA) is 52.7 Å². The highest BCUT2D eigenvalue weighted by atomic mass is 19.1. The largest absolute Gasteiger partial charge is 0.351 e. The Balaban J connectivity index is 1.54. The number of piperidine rings is 1. The minimum atomic E-state index is -0.516. The number of para-hydroxylation sites is 1. The molecule has 0 bridgehead atoms. The van der Waals surface area contributed by atoms with Gasteiger partial charge in [-0.1, -0.05) is 24.3 Å². The minimum absolute atomic E-state index is 0.0902. The van der Waals surface area contributed by atoms with E-state index in [2.05, 4.69) is 10.2 Å². The first-order valence-electron chi connectivity index (χ1n) is 8.71. The van der Waals surface area contributed by atoms with Crippen LogP contribution in [0.1, 0.15) is 33.6 Å². The van der Waals surface area contributed by atoms with Crippen LogP contribution in [0.4, 0.5) is 10.1 Å². The van der Waals surface area contributed by atoms with Gasteiger partial charge in [0.2, 0.25) is 0 Å². The lowest BCUT2D eigenvalue weighted by Gasteiger charge is -2.51. The van der Waals surface area contributed by atoms with Crippen molar-refractivity contribution in [3.63, 3.8) is 0 Å². The summed E-state index contributed by atoms with van der Waals surface area (Å²) >= 11 is 0. The number of amides is 2. The number of rotatable bonds is 1. The first kappa shape index (κ1) is 16.6. The zero-order chi connectivity index (χ0) is 18.3. The summed E-state index contributed by atoms with van der Waals surface area (Å²) in [6, 6.07) is 13.5. The van der Waals surface area contributed by atoms with E-state index in [1.54, 1.807) is 17.0 Å². The van der Waals surface area contributed by atoms with Gasteiger partial charge in [0, 0.05) is 33.0 Å². The fourth-order valence-corrected chi connectivity index (χ4v) is 3.90. The van der Waals surface area contributed by atoms with Crippen LogP contribution in [0.25, 0.3) is 0 Å². The molecule has 0 atom stereocenters. The summed E-state index contributed by atoms with van der Waals surface area (Å²) < 4.78 is 13.9. The number of carbonyl (C=O) groups excluding carboxylic acids is 2. The highest BCUT2D eigenvalue weighted by Crippen LogP contribution is 2.36. The van der Waals surface area contributed by atoms with Gasteiger partial charge in [-0.3, -0.25) is 9.59 Å². The van der Waals surface area contributed by atoms with Crippen LogP contribution in [0.15, 0.2) is 48.5 Å². The van der Waals surface area contributed by atoms with E-state index in [1.807, 2.05) is 31.3 Å². The van der Waals surface area contributed by atoms with Gasteiger partial charge >= 0.3 is 0 Å². The number of nitrogens with zero attached hydrogens (tertiary/aromatic N) is 2. The first-order valence-corrected chi connectivity index (χ1v) is 8.71. The molecule has 1 spiro atoms. The monoisotopic (exact) mass is 353 g/mol. The summed E-state index contributed by atoms with van der Waals surface area (Å²) in [7, 11) is 1.96. The Morgan fingerprint density at radius 1 is 1.08 bits per heavy atom. The van der Waals surface area contributed by atoms with Crippen molar-refractivity contribution in [3.05, 3.63) is 65.5 Å². The molecule has 2 amide bonds. The fraction of sp³-hybridized carbons (Fsp3) is 0.300. The molecule has 1 saturated heterocycles. The van der Waals surface area contributed by atoms with Crippen LogP contribution in [0.5, 0.6) is 0 Å². The number of nitrogens with one attached hydrogen (secondary N) is 1. The number of likely N-dealkylation sites (tertiary alicyclic amines) is 1. The van der Waals surface area contributed by atoms with Crippen LogP contribution in [0.2, 0.25) is 0 Å². The molecule has 1 fully saturated rings. The first-order chi connectivity index (χ1) is 12.5. The Kier molecular flexibility index (Phi) is 3.90.